The Labute approximate surface area is 118 Å². The molecule has 5 heteroatoms. The number of hydrogen-bond donors (Lipinski definition) is 0. The summed E-state index contributed by atoms with van der Waals surface area (Å²) in [6.45, 7) is 3.76. The average Bonchev–Trinajstić information content (AvgIpc) is 2.79. The molecule has 1 amide bonds. The number of thioether (sulfide) groups is 1. The van der Waals surface area contributed by atoms with E-state index in [2.05, 4.69) is 0 Å². The van der Waals surface area contributed by atoms with Crippen LogP contribution in [-0.4, -0.2) is 43.4 Å². The smallest absolute Gasteiger partial charge is 0.233 e. The van der Waals surface area contributed by atoms with Crippen molar-refractivity contribution < 1.29 is 14.3 Å². The van der Waals surface area contributed by atoms with Crippen LogP contribution in [0.15, 0.2) is 24.3 Å². The van der Waals surface area contributed by atoms with Gasteiger partial charge in [-0.1, -0.05) is 18.2 Å². The van der Waals surface area contributed by atoms with Crippen LogP contribution in [0.3, 0.4) is 0 Å². The lowest BCUT2D eigenvalue weighted by Crippen LogP contribution is -2.31. The Hall–Kier alpha value is -1.20. The summed E-state index contributed by atoms with van der Waals surface area (Å²) < 4.78 is 10.7. The number of rotatable bonds is 6. The highest BCUT2D eigenvalue weighted by Crippen LogP contribution is 2.42. The van der Waals surface area contributed by atoms with Crippen molar-refractivity contribution in [2.45, 2.75) is 12.3 Å². The average molecular weight is 281 g/mol. The van der Waals surface area contributed by atoms with E-state index in [0.717, 1.165) is 11.3 Å². The van der Waals surface area contributed by atoms with Gasteiger partial charge in [0, 0.05) is 19.2 Å². The van der Waals surface area contributed by atoms with Crippen molar-refractivity contribution >= 4 is 17.7 Å². The van der Waals surface area contributed by atoms with Gasteiger partial charge in [-0.05, 0) is 13.0 Å². The second-order valence-corrected chi connectivity index (χ2v) is 5.28. The van der Waals surface area contributed by atoms with E-state index in [1.807, 2.05) is 36.1 Å². The molecule has 1 aromatic rings. The molecule has 104 valence electrons. The molecule has 0 bridgehead atoms. The van der Waals surface area contributed by atoms with Gasteiger partial charge in [0.25, 0.3) is 0 Å². The van der Waals surface area contributed by atoms with Gasteiger partial charge in [-0.2, -0.15) is 0 Å². The zero-order valence-corrected chi connectivity index (χ0v) is 12.1. The summed E-state index contributed by atoms with van der Waals surface area (Å²) in [6.07, 6.45) is 0. The fraction of sp³-hybridized carbons (Fsp3) is 0.500. The number of amides is 1. The first-order valence-electron chi connectivity index (χ1n) is 6.39. The molecule has 0 aliphatic carbocycles. The first-order chi connectivity index (χ1) is 9.27. The molecule has 1 fully saturated rings. The standard InChI is InChI=1S/C14H19NO3S/c1-3-18-12-7-5-4-6-11(12)14-15(8-9-17-2)13(16)10-19-14/h4-7,14H,3,8-10H2,1-2H3. The van der Waals surface area contributed by atoms with E-state index in [4.69, 9.17) is 9.47 Å². The number of carbonyl (C=O) groups excluding carboxylic acids is 1. The van der Waals surface area contributed by atoms with Crippen LogP contribution >= 0.6 is 11.8 Å². The Morgan fingerprint density at radius 2 is 2.21 bits per heavy atom. The van der Waals surface area contributed by atoms with Crippen molar-refractivity contribution in [2.75, 3.05) is 32.6 Å². The molecule has 19 heavy (non-hydrogen) atoms. The normalized spacial score (nSPS) is 18.9. The highest BCUT2D eigenvalue weighted by molar-refractivity contribution is 8.00. The Bertz CT molecular complexity index is 438. The fourth-order valence-electron chi connectivity index (χ4n) is 2.11. The summed E-state index contributed by atoms with van der Waals surface area (Å²) in [5, 5.41) is 0.0328. The Kier molecular flexibility index (Phi) is 5.10. The minimum absolute atomic E-state index is 0.0328. The topological polar surface area (TPSA) is 38.8 Å². The number of carbonyl (C=O) groups is 1. The van der Waals surface area contributed by atoms with E-state index in [0.29, 0.717) is 25.5 Å². The maximum absolute atomic E-state index is 11.9. The van der Waals surface area contributed by atoms with Crippen LogP contribution in [0.1, 0.15) is 17.9 Å². The van der Waals surface area contributed by atoms with Crippen molar-refractivity contribution in [3.63, 3.8) is 0 Å². The van der Waals surface area contributed by atoms with Crippen LogP contribution in [-0.2, 0) is 9.53 Å². The van der Waals surface area contributed by atoms with Gasteiger partial charge in [-0.25, -0.2) is 0 Å². The van der Waals surface area contributed by atoms with Gasteiger partial charge in [-0.15, -0.1) is 11.8 Å². The van der Waals surface area contributed by atoms with Gasteiger partial charge >= 0.3 is 0 Å². The molecule has 0 N–H and O–H groups in total. The molecule has 1 aromatic carbocycles. The molecule has 0 radical (unpaired) electrons. The molecule has 0 aromatic heterocycles. The van der Waals surface area contributed by atoms with E-state index in [-0.39, 0.29) is 11.3 Å². The second-order valence-electron chi connectivity index (χ2n) is 4.21. The summed E-state index contributed by atoms with van der Waals surface area (Å²) in [6, 6.07) is 7.92. The van der Waals surface area contributed by atoms with Gasteiger partial charge in [0.05, 0.1) is 19.0 Å². The second kappa shape index (κ2) is 6.82. The Balaban J connectivity index is 2.21. The third kappa shape index (κ3) is 3.22. The lowest BCUT2D eigenvalue weighted by molar-refractivity contribution is -0.128. The number of benzene rings is 1. The molecule has 4 nitrogen and oxygen atoms in total. The summed E-state index contributed by atoms with van der Waals surface area (Å²) >= 11 is 1.64. The Morgan fingerprint density at radius 3 is 2.95 bits per heavy atom. The summed E-state index contributed by atoms with van der Waals surface area (Å²) in [5.74, 6) is 1.55. The highest BCUT2D eigenvalue weighted by Gasteiger charge is 2.33. The van der Waals surface area contributed by atoms with E-state index in [9.17, 15) is 4.79 Å². The van der Waals surface area contributed by atoms with Crippen molar-refractivity contribution in [1.29, 1.82) is 0 Å². The fourth-order valence-corrected chi connectivity index (χ4v) is 3.36. The molecule has 2 rings (SSSR count). The number of nitrogens with zero attached hydrogens (tertiary/aromatic N) is 1. The van der Waals surface area contributed by atoms with Crippen LogP contribution < -0.4 is 4.74 Å². The molecule has 1 aliphatic rings. The minimum Gasteiger partial charge on any atom is -0.493 e. The summed E-state index contributed by atoms with van der Waals surface area (Å²) in [4.78, 5) is 13.8. The Morgan fingerprint density at radius 1 is 1.42 bits per heavy atom. The largest absolute Gasteiger partial charge is 0.493 e. The minimum atomic E-state index is 0.0328. The van der Waals surface area contributed by atoms with Crippen LogP contribution in [0.25, 0.3) is 0 Å². The molecule has 1 aliphatic heterocycles. The van der Waals surface area contributed by atoms with Gasteiger partial charge in [0.2, 0.25) is 5.91 Å². The molecule has 1 atom stereocenters. The zero-order chi connectivity index (χ0) is 13.7. The number of hydrogen-bond acceptors (Lipinski definition) is 4. The lowest BCUT2D eigenvalue weighted by Gasteiger charge is -2.25. The van der Waals surface area contributed by atoms with Crippen LogP contribution in [0.4, 0.5) is 0 Å². The first-order valence-corrected chi connectivity index (χ1v) is 7.44. The van der Waals surface area contributed by atoms with E-state index < -0.39 is 0 Å². The monoisotopic (exact) mass is 281 g/mol. The van der Waals surface area contributed by atoms with Crippen molar-refractivity contribution in [3.05, 3.63) is 29.8 Å². The SMILES string of the molecule is CCOc1ccccc1C1SCC(=O)N1CCOC. The summed E-state index contributed by atoms with van der Waals surface area (Å²) in [7, 11) is 1.65. The predicted molar refractivity (Wildman–Crippen MR) is 76.4 cm³/mol. The third-order valence-electron chi connectivity index (χ3n) is 2.99. The molecule has 1 unspecified atom stereocenters. The highest BCUT2D eigenvalue weighted by atomic mass is 32.2. The molecular formula is C14H19NO3S. The molecule has 0 saturated carbocycles. The van der Waals surface area contributed by atoms with Gasteiger partial charge in [-0.3, -0.25) is 4.79 Å². The zero-order valence-electron chi connectivity index (χ0n) is 11.3. The molecule has 1 saturated heterocycles. The van der Waals surface area contributed by atoms with Crippen LogP contribution in [0, 0.1) is 0 Å². The number of methoxy groups -OCH3 is 1. The quantitative estimate of drug-likeness (QED) is 0.802. The predicted octanol–water partition coefficient (Wildman–Crippen LogP) is 2.31. The van der Waals surface area contributed by atoms with Gasteiger partial charge in [0.15, 0.2) is 0 Å². The maximum Gasteiger partial charge on any atom is 0.233 e. The van der Waals surface area contributed by atoms with Crippen molar-refractivity contribution in [3.8, 4) is 5.75 Å². The molecular weight excluding hydrogens is 262 g/mol. The summed E-state index contributed by atoms with van der Waals surface area (Å²) in [5.41, 5.74) is 1.07. The van der Waals surface area contributed by atoms with Crippen molar-refractivity contribution in [2.24, 2.45) is 0 Å². The number of para-hydroxylation sites is 1. The first kappa shape index (κ1) is 14.2. The van der Waals surface area contributed by atoms with Gasteiger partial charge in [0.1, 0.15) is 11.1 Å². The van der Waals surface area contributed by atoms with E-state index in [1.165, 1.54) is 0 Å². The molecule has 1 heterocycles. The molecule has 0 spiro atoms. The van der Waals surface area contributed by atoms with Crippen LogP contribution in [0.2, 0.25) is 0 Å². The van der Waals surface area contributed by atoms with E-state index >= 15 is 0 Å². The van der Waals surface area contributed by atoms with Crippen molar-refractivity contribution in [1.82, 2.24) is 4.90 Å². The van der Waals surface area contributed by atoms with Gasteiger partial charge < -0.3 is 14.4 Å². The van der Waals surface area contributed by atoms with E-state index in [1.54, 1.807) is 18.9 Å². The van der Waals surface area contributed by atoms with Crippen LogP contribution in [0.5, 0.6) is 5.75 Å². The number of ether oxygens (including phenoxy) is 2. The third-order valence-corrected chi connectivity index (χ3v) is 4.23. The lowest BCUT2D eigenvalue weighted by atomic mass is 10.2. The maximum atomic E-state index is 11.9.